The van der Waals surface area contributed by atoms with E-state index in [1.54, 1.807) is 23.5 Å². The monoisotopic (exact) mass is 374 g/mol. The van der Waals surface area contributed by atoms with Crippen LogP contribution in [0.15, 0.2) is 42.5 Å². The number of rotatable bonds is 2. The average molecular weight is 374 g/mol. The van der Waals surface area contributed by atoms with Crippen molar-refractivity contribution < 1.29 is 9.59 Å². The van der Waals surface area contributed by atoms with Crippen molar-refractivity contribution in [3.63, 3.8) is 0 Å². The van der Waals surface area contributed by atoms with Crippen LogP contribution < -0.4 is 5.32 Å². The highest BCUT2D eigenvalue weighted by Crippen LogP contribution is 2.37. The molecule has 3 aromatic rings. The van der Waals surface area contributed by atoms with Gasteiger partial charge in [0.25, 0.3) is 5.91 Å². The lowest BCUT2D eigenvalue weighted by Gasteiger charge is -2.15. The minimum atomic E-state index is -0.222. The van der Waals surface area contributed by atoms with E-state index in [1.165, 1.54) is 4.88 Å². The van der Waals surface area contributed by atoms with E-state index in [1.807, 2.05) is 30.3 Å². The van der Waals surface area contributed by atoms with Crippen molar-refractivity contribution in [2.45, 2.75) is 26.2 Å². The zero-order chi connectivity index (χ0) is 18.5. The first kappa shape index (κ1) is 16.4. The van der Waals surface area contributed by atoms with E-state index in [9.17, 15) is 9.59 Å². The Labute approximate surface area is 161 Å². The van der Waals surface area contributed by atoms with E-state index in [-0.39, 0.29) is 11.7 Å². The van der Waals surface area contributed by atoms with Gasteiger partial charge in [-0.05, 0) is 48.4 Å². The fourth-order valence-corrected chi connectivity index (χ4v) is 5.10. The van der Waals surface area contributed by atoms with Crippen LogP contribution in [0.3, 0.4) is 0 Å². The Balaban J connectivity index is 1.42. The van der Waals surface area contributed by atoms with Crippen molar-refractivity contribution in [3.05, 3.63) is 69.7 Å². The lowest BCUT2D eigenvalue weighted by atomic mass is 9.93. The molecule has 0 radical (unpaired) electrons. The lowest BCUT2D eigenvalue weighted by molar-refractivity contribution is 0.102. The number of aryl methyl sites for hydroxylation is 1. The van der Waals surface area contributed by atoms with Gasteiger partial charge < -0.3 is 0 Å². The number of ketones is 1. The van der Waals surface area contributed by atoms with Crippen molar-refractivity contribution in [3.8, 4) is 11.1 Å². The van der Waals surface area contributed by atoms with E-state index < -0.39 is 0 Å². The molecule has 5 heteroatoms. The third-order valence-corrected chi connectivity index (χ3v) is 6.43. The second-order valence-corrected chi connectivity index (χ2v) is 8.41. The molecule has 5 rings (SSSR count). The first-order chi connectivity index (χ1) is 13.1. The Morgan fingerprint density at radius 2 is 1.89 bits per heavy atom. The highest BCUT2D eigenvalue weighted by molar-refractivity contribution is 7.15. The van der Waals surface area contributed by atoms with Gasteiger partial charge in [-0.1, -0.05) is 37.3 Å². The predicted molar refractivity (Wildman–Crippen MR) is 107 cm³/mol. The number of carbonyl (C=O) groups is 2. The number of thiazole rings is 1. The number of hydrogen-bond acceptors (Lipinski definition) is 4. The Morgan fingerprint density at radius 3 is 2.74 bits per heavy atom. The maximum absolute atomic E-state index is 12.7. The molecular weight excluding hydrogens is 356 g/mol. The Bertz CT molecular complexity index is 1100. The lowest BCUT2D eigenvalue weighted by Crippen LogP contribution is -2.12. The van der Waals surface area contributed by atoms with Gasteiger partial charge in [0, 0.05) is 21.6 Å². The van der Waals surface area contributed by atoms with Crippen LogP contribution in [0.25, 0.3) is 11.1 Å². The van der Waals surface area contributed by atoms with Gasteiger partial charge in [0.2, 0.25) is 0 Å². The predicted octanol–water partition coefficient (Wildman–Crippen LogP) is 4.73. The van der Waals surface area contributed by atoms with E-state index in [0.717, 1.165) is 36.1 Å². The Morgan fingerprint density at radius 1 is 1.11 bits per heavy atom. The van der Waals surface area contributed by atoms with E-state index in [2.05, 4.69) is 17.2 Å². The number of carbonyl (C=O) groups excluding carboxylic acids is 2. The van der Waals surface area contributed by atoms with Crippen molar-refractivity contribution in [1.82, 2.24) is 4.98 Å². The molecule has 27 heavy (non-hydrogen) atoms. The zero-order valence-corrected chi connectivity index (χ0v) is 15.7. The molecule has 0 saturated heterocycles. The molecule has 1 atom stereocenters. The first-order valence-electron chi connectivity index (χ1n) is 9.18. The molecule has 2 aliphatic carbocycles. The van der Waals surface area contributed by atoms with Gasteiger partial charge in [-0.25, -0.2) is 4.98 Å². The van der Waals surface area contributed by atoms with Gasteiger partial charge in [0.05, 0.1) is 5.69 Å². The maximum atomic E-state index is 12.7. The first-order valence-corrected chi connectivity index (χ1v) is 10.00. The normalized spacial score (nSPS) is 17.2. The average Bonchev–Trinajstić information content (AvgIpc) is 3.20. The van der Waals surface area contributed by atoms with Gasteiger partial charge >= 0.3 is 0 Å². The Hall–Kier alpha value is -2.79. The molecule has 0 spiro atoms. The quantitative estimate of drug-likeness (QED) is 0.552. The molecule has 1 unspecified atom stereocenters. The van der Waals surface area contributed by atoms with Gasteiger partial charge in [0.1, 0.15) is 0 Å². The second-order valence-electron chi connectivity index (χ2n) is 7.33. The van der Waals surface area contributed by atoms with Gasteiger partial charge in [-0.2, -0.15) is 0 Å². The van der Waals surface area contributed by atoms with Crippen LogP contribution >= 0.6 is 11.3 Å². The summed E-state index contributed by atoms with van der Waals surface area (Å²) in [5.41, 5.74) is 4.73. The highest BCUT2D eigenvalue weighted by Gasteiger charge is 2.27. The van der Waals surface area contributed by atoms with Crippen molar-refractivity contribution in [2.75, 3.05) is 5.32 Å². The summed E-state index contributed by atoms with van der Waals surface area (Å²) in [6.45, 7) is 2.25. The summed E-state index contributed by atoms with van der Waals surface area (Å²) >= 11 is 1.57. The zero-order valence-electron chi connectivity index (χ0n) is 14.9. The standard InChI is InChI=1S/C22H18N2O2S/c1-12-6-9-18-19(10-12)27-22(23-18)24-21(26)13-7-8-15-14-4-2-3-5-16(14)20(25)17(15)11-13/h2-5,7-8,11-12H,6,9-10H2,1H3,(H,23,24,26). The van der Waals surface area contributed by atoms with Crippen LogP contribution in [-0.2, 0) is 12.8 Å². The molecule has 1 heterocycles. The molecule has 1 aromatic heterocycles. The number of aromatic nitrogens is 1. The number of benzene rings is 2. The third-order valence-electron chi connectivity index (χ3n) is 5.39. The summed E-state index contributed by atoms with van der Waals surface area (Å²) in [6, 6.07) is 12.9. The SMILES string of the molecule is CC1CCc2nc(NC(=O)c3ccc4c(c3)C(=O)c3ccccc3-4)sc2C1. The summed E-state index contributed by atoms with van der Waals surface area (Å²) in [5, 5.41) is 3.56. The van der Waals surface area contributed by atoms with Crippen LogP contribution in [0.1, 0.15) is 50.2 Å². The van der Waals surface area contributed by atoms with Crippen molar-refractivity contribution in [2.24, 2.45) is 5.92 Å². The number of nitrogens with zero attached hydrogens (tertiary/aromatic N) is 1. The molecule has 2 aliphatic rings. The van der Waals surface area contributed by atoms with Gasteiger partial charge in [0.15, 0.2) is 10.9 Å². The molecule has 2 aromatic carbocycles. The van der Waals surface area contributed by atoms with E-state index in [0.29, 0.717) is 27.7 Å². The molecular formula is C22H18N2O2S. The van der Waals surface area contributed by atoms with Crippen LogP contribution in [0.2, 0.25) is 0 Å². The van der Waals surface area contributed by atoms with E-state index in [4.69, 9.17) is 0 Å². The summed E-state index contributed by atoms with van der Waals surface area (Å²) in [4.78, 5) is 31.2. The fourth-order valence-electron chi connectivity index (χ4n) is 3.93. The molecule has 1 amide bonds. The van der Waals surface area contributed by atoms with Gasteiger partial charge in [-0.3, -0.25) is 14.9 Å². The minimum Gasteiger partial charge on any atom is -0.298 e. The van der Waals surface area contributed by atoms with Gasteiger partial charge in [-0.15, -0.1) is 11.3 Å². The second kappa shape index (κ2) is 6.13. The van der Waals surface area contributed by atoms with Crippen molar-refractivity contribution in [1.29, 1.82) is 0 Å². The third kappa shape index (κ3) is 2.70. The molecule has 0 bridgehead atoms. The van der Waals surface area contributed by atoms with Crippen LogP contribution in [0.4, 0.5) is 5.13 Å². The largest absolute Gasteiger partial charge is 0.298 e. The summed E-state index contributed by atoms with van der Waals surface area (Å²) in [5.74, 6) is 0.431. The highest BCUT2D eigenvalue weighted by atomic mass is 32.1. The number of nitrogens with one attached hydrogen (secondary N) is 1. The fraction of sp³-hybridized carbons (Fsp3) is 0.227. The van der Waals surface area contributed by atoms with Crippen LogP contribution in [0, 0.1) is 5.92 Å². The van der Waals surface area contributed by atoms with Crippen LogP contribution in [-0.4, -0.2) is 16.7 Å². The molecule has 0 aliphatic heterocycles. The number of fused-ring (bicyclic) bond motifs is 4. The molecule has 1 N–H and O–H groups in total. The van der Waals surface area contributed by atoms with Crippen LogP contribution in [0.5, 0.6) is 0 Å². The smallest absolute Gasteiger partial charge is 0.257 e. The Kier molecular flexibility index (Phi) is 3.72. The maximum Gasteiger partial charge on any atom is 0.257 e. The van der Waals surface area contributed by atoms with Crippen molar-refractivity contribution >= 4 is 28.2 Å². The number of hydrogen-bond donors (Lipinski definition) is 1. The summed E-state index contributed by atoms with van der Waals surface area (Å²) in [6.07, 6.45) is 3.17. The summed E-state index contributed by atoms with van der Waals surface area (Å²) in [7, 11) is 0. The minimum absolute atomic E-state index is 0.0195. The molecule has 134 valence electrons. The topological polar surface area (TPSA) is 59.1 Å². The summed E-state index contributed by atoms with van der Waals surface area (Å²) < 4.78 is 0. The number of anilines is 1. The number of amides is 1. The molecule has 0 fully saturated rings. The molecule has 4 nitrogen and oxygen atoms in total. The van der Waals surface area contributed by atoms with E-state index >= 15 is 0 Å². The molecule has 0 saturated carbocycles.